The van der Waals surface area contributed by atoms with Gasteiger partial charge in [-0.05, 0) is 18.9 Å². The average Bonchev–Trinajstić information content (AvgIpc) is 2.15. The van der Waals surface area contributed by atoms with Crippen molar-refractivity contribution in [2.75, 3.05) is 6.54 Å². The van der Waals surface area contributed by atoms with Crippen LogP contribution in [-0.4, -0.2) is 18.8 Å². The first kappa shape index (κ1) is 15.3. The van der Waals surface area contributed by atoms with Gasteiger partial charge >= 0.3 is 6.18 Å². The second kappa shape index (κ2) is 6.76. The molecule has 5 heteroatoms. The van der Waals surface area contributed by atoms with Crippen molar-refractivity contribution in [2.45, 2.75) is 25.6 Å². The Morgan fingerprint density at radius 3 is 2.25 bits per heavy atom. The van der Waals surface area contributed by atoms with Gasteiger partial charge in [0.05, 0.1) is 6.54 Å². The Morgan fingerprint density at radius 1 is 1.19 bits per heavy atom. The largest absolute Gasteiger partial charge is 0.401 e. The Kier molecular flexibility index (Phi) is 6.45. The Hall–Kier alpha value is -0.740. The summed E-state index contributed by atoms with van der Waals surface area (Å²) in [7, 11) is 0. The Bertz CT molecular complexity index is 287. The molecule has 1 N–H and O–H groups in total. The van der Waals surface area contributed by atoms with Crippen LogP contribution in [0.1, 0.15) is 12.5 Å². The summed E-state index contributed by atoms with van der Waals surface area (Å²) in [6.45, 7) is 0.819. The topological polar surface area (TPSA) is 12.0 Å². The van der Waals surface area contributed by atoms with Crippen LogP contribution in [0.3, 0.4) is 0 Å². The Labute approximate surface area is 99.5 Å². The Balaban J connectivity index is 0.00000225. The molecular formula is C11H15ClF3N. The molecule has 0 saturated heterocycles. The summed E-state index contributed by atoms with van der Waals surface area (Å²) in [4.78, 5) is 0. The van der Waals surface area contributed by atoms with Gasteiger partial charge in [-0.3, -0.25) is 0 Å². The van der Waals surface area contributed by atoms with Crippen molar-refractivity contribution >= 4 is 12.4 Å². The van der Waals surface area contributed by atoms with Gasteiger partial charge in [0.15, 0.2) is 0 Å². The quantitative estimate of drug-likeness (QED) is 0.869. The number of benzene rings is 1. The second-order valence-corrected chi connectivity index (χ2v) is 3.59. The van der Waals surface area contributed by atoms with Crippen LogP contribution in [0.15, 0.2) is 30.3 Å². The van der Waals surface area contributed by atoms with Crippen molar-refractivity contribution in [2.24, 2.45) is 0 Å². The van der Waals surface area contributed by atoms with Crippen molar-refractivity contribution in [1.29, 1.82) is 0 Å². The lowest BCUT2D eigenvalue weighted by molar-refractivity contribution is -0.126. The van der Waals surface area contributed by atoms with Gasteiger partial charge < -0.3 is 5.32 Å². The lowest BCUT2D eigenvalue weighted by Gasteiger charge is -2.15. The minimum Gasteiger partial charge on any atom is -0.306 e. The third-order valence-electron chi connectivity index (χ3n) is 2.04. The smallest absolute Gasteiger partial charge is 0.306 e. The molecule has 92 valence electrons. The highest BCUT2D eigenvalue weighted by Crippen LogP contribution is 2.13. The highest BCUT2D eigenvalue weighted by molar-refractivity contribution is 5.85. The predicted molar refractivity (Wildman–Crippen MR) is 60.9 cm³/mol. The number of rotatable bonds is 4. The lowest BCUT2D eigenvalue weighted by atomic mass is 10.1. The fourth-order valence-corrected chi connectivity index (χ4v) is 1.33. The van der Waals surface area contributed by atoms with E-state index in [4.69, 9.17) is 0 Å². The second-order valence-electron chi connectivity index (χ2n) is 3.59. The Morgan fingerprint density at radius 2 is 1.75 bits per heavy atom. The standard InChI is InChI=1S/C11H14F3N.ClH/c1-9(15-8-11(12,13)14)7-10-5-3-2-4-6-10;/h2-6,9,15H,7-8H2,1H3;1H. The SMILES string of the molecule is CC(Cc1ccccc1)NCC(F)(F)F.Cl. The number of hydrogen-bond acceptors (Lipinski definition) is 1. The molecule has 1 aromatic rings. The van der Waals surface area contributed by atoms with Crippen molar-refractivity contribution < 1.29 is 13.2 Å². The lowest BCUT2D eigenvalue weighted by Crippen LogP contribution is -2.36. The van der Waals surface area contributed by atoms with Crippen LogP contribution in [-0.2, 0) is 6.42 Å². The van der Waals surface area contributed by atoms with E-state index in [-0.39, 0.29) is 18.4 Å². The molecule has 1 nitrogen and oxygen atoms in total. The zero-order valence-electron chi connectivity index (χ0n) is 8.92. The average molecular weight is 254 g/mol. The van der Waals surface area contributed by atoms with E-state index in [2.05, 4.69) is 5.32 Å². The van der Waals surface area contributed by atoms with E-state index in [0.717, 1.165) is 5.56 Å². The van der Waals surface area contributed by atoms with E-state index in [0.29, 0.717) is 6.42 Å². The van der Waals surface area contributed by atoms with Crippen LogP contribution in [0.5, 0.6) is 0 Å². The van der Waals surface area contributed by atoms with Gasteiger partial charge in [-0.1, -0.05) is 30.3 Å². The van der Waals surface area contributed by atoms with Crippen LogP contribution >= 0.6 is 12.4 Å². The molecule has 1 aromatic carbocycles. The molecule has 0 aliphatic rings. The van der Waals surface area contributed by atoms with E-state index < -0.39 is 12.7 Å². The molecule has 0 fully saturated rings. The van der Waals surface area contributed by atoms with E-state index in [1.54, 1.807) is 6.92 Å². The minimum absolute atomic E-state index is 0. The fourth-order valence-electron chi connectivity index (χ4n) is 1.33. The summed E-state index contributed by atoms with van der Waals surface area (Å²) in [6.07, 6.45) is -3.53. The van der Waals surface area contributed by atoms with Gasteiger partial charge in [0.1, 0.15) is 0 Å². The number of hydrogen-bond donors (Lipinski definition) is 1. The predicted octanol–water partition coefficient (Wildman–Crippen LogP) is 3.19. The maximum absolute atomic E-state index is 11.9. The van der Waals surface area contributed by atoms with Crippen LogP contribution < -0.4 is 5.32 Å². The first-order valence-corrected chi connectivity index (χ1v) is 4.81. The molecule has 0 aromatic heterocycles. The molecule has 0 amide bonds. The van der Waals surface area contributed by atoms with Crippen LogP contribution in [0.2, 0.25) is 0 Å². The molecule has 1 atom stereocenters. The first-order chi connectivity index (χ1) is 6.97. The highest BCUT2D eigenvalue weighted by Gasteiger charge is 2.27. The summed E-state index contributed by atoms with van der Waals surface area (Å²) in [5, 5.41) is 2.45. The third-order valence-corrected chi connectivity index (χ3v) is 2.04. The normalized spacial score (nSPS) is 13.0. The maximum atomic E-state index is 11.9. The van der Waals surface area contributed by atoms with Crippen molar-refractivity contribution in [1.82, 2.24) is 5.32 Å². The van der Waals surface area contributed by atoms with E-state index >= 15 is 0 Å². The van der Waals surface area contributed by atoms with E-state index in [9.17, 15) is 13.2 Å². The molecule has 0 saturated carbocycles. The summed E-state index contributed by atoms with van der Waals surface area (Å²) in [5.74, 6) is 0. The van der Waals surface area contributed by atoms with Gasteiger partial charge in [0.25, 0.3) is 0 Å². The summed E-state index contributed by atoms with van der Waals surface area (Å²) >= 11 is 0. The van der Waals surface area contributed by atoms with Crippen molar-refractivity contribution in [3.05, 3.63) is 35.9 Å². The molecular weight excluding hydrogens is 239 g/mol. The van der Waals surface area contributed by atoms with Gasteiger partial charge in [-0.15, -0.1) is 12.4 Å². The van der Waals surface area contributed by atoms with Gasteiger partial charge in [0, 0.05) is 6.04 Å². The molecule has 1 rings (SSSR count). The van der Waals surface area contributed by atoms with Gasteiger partial charge in [-0.25, -0.2) is 0 Å². The molecule has 0 spiro atoms. The van der Waals surface area contributed by atoms with Gasteiger partial charge in [-0.2, -0.15) is 13.2 Å². The molecule has 0 bridgehead atoms. The fraction of sp³-hybridized carbons (Fsp3) is 0.455. The number of alkyl halides is 3. The molecule has 0 aliphatic heterocycles. The first-order valence-electron chi connectivity index (χ1n) is 4.81. The van der Waals surface area contributed by atoms with E-state index in [1.807, 2.05) is 30.3 Å². The minimum atomic E-state index is -4.13. The van der Waals surface area contributed by atoms with Crippen LogP contribution in [0.25, 0.3) is 0 Å². The van der Waals surface area contributed by atoms with Gasteiger partial charge in [0.2, 0.25) is 0 Å². The summed E-state index contributed by atoms with van der Waals surface area (Å²) in [6, 6.07) is 9.29. The molecule has 0 heterocycles. The third kappa shape index (κ3) is 6.69. The summed E-state index contributed by atoms with van der Waals surface area (Å²) in [5.41, 5.74) is 1.04. The monoisotopic (exact) mass is 253 g/mol. The molecule has 16 heavy (non-hydrogen) atoms. The summed E-state index contributed by atoms with van der Waals surface area (Å²) < 4.78 is 35.7. The van der Waals surface area contributed by atoms with E-state index in [1.165, 1.54) is 0 Å². The molecule has 0 aliphatic carbocycles. The zero-order valence-corrected chi connectivity index (χ0v) is 9.74. The van der Waals surface area contributed by atoms with Crippen LogP contribution in [0, 0.1) is 0 Å². The number of halogens is 4. The number of nitrogens with one attached hydrogen (secondary N) is 1. The van der Waals surface area contributed by atoms with Crippen molar-refractivity contribution in [3.63, 3.8) is 0 Å². The van der Waals surface area contributed by atoms with Crippen molar-refractivity contribution in [3.8, 4) is 0 Å². The maximum Gasteiger partial charge on any atom is 0.401 e. The zero-order chi connectivity index (χ0) is 11.3. The molecule has 0 radical (unpaired) electrons. The molecule has 1 unspecified atom stereocenters. The highest BCUT2D eigenvalue weighted by atomic mass is 35.5. The van der Waals surface area contributed by atoms with Crippen LogP contribution in [0.4, 0.5) is 13.2 Å².